The minimum Gasteiger partial charge on any atom is -0.355 e. The molecule has 0 radical (unpaired) electrons. The summed E-state index contributed by atoms with van der Waals surface area (Å²) in [6, 6.07) is 0. The smallest absolute Gasteiger partial charge is 0.225 e. The normalized spacial score (nSPS) is 27.8. The summed E-state index contributed by atoms with van der Waals surface area (Å²) in [7, 11) is 0. The zero-order chi connectivity index (χ0) is 8.70. The van der Waals surface area contributed by atoms with E-state index >= 15 is 0 Å². The molecular weight excluding hydrogens is 138 g/mol. The van der Waals surface area contributed by atoms with Crippen LogP contribution in [-0.4, -0.2) is 12.5 Å². The van der Waals surface area contributed by atoms with Crippen LogP contribution in [0.25, 0.3) is 0 Å². The highest BCUT2D eigenvalue weighted by atomic mass is 16.2. The van der Waals surface area contributed by atoms with Gasteiger partial charge in [-0.05, 0) is 11.8 Å². The van der Waals surface area contributed by atoms with Gasteiger partial charge in [-0.1, -0.05) is 27.7 Å². The van der Waals surface area contributed by atoms with E-state index in [2.05, 4.69) is 19.2 Å². The van der Waals surface area contributed by atoms with Gasteiger partial charge in [-0.2, -0.15) is 0 Å². The third kappa shape index (κ3) is 1.73. The molecule has 2 heteroatoms. The first-order valence-electron chi connectivity index (χ1n) is 4.12. The fourth-order valence-corrected chi connectivity index (χ4v) is 1.90. The van der Waals surface area contributed by atoms with Crippen molar-refractivity contribution in [3.8, 4) is 0 Å². The average Bonchev–Trinajstić information content (AvgIpc) is 1.77. The third-order valence-electron chi connectivity index (χ3n) is 2.26. The van der Waals surface area contributed by atoms with Gasteiger partial charge >= 0.3 is 0 Å². The van der Waals surface area contributed by atoms with Crippen LogP contribution in [-0.2, 0) is 4.79 Å². The van der Waals surface area contributed by atoms with Gasteiger partial charge in [-0.15, -0.1) is 0 Å². The number of rotatable bonds is 0. The summed E-state index contributed by atoms with van der Waals surface area (Å²) in [5.41, 5.74) is 0.0825. The molecule has 1 fully saturated rings. The Morgan fingerprint density at radius 1 is 1.27 bits per heavy atom. The molecule has 1 aliphatic rings. The first-order chi connectivity index (χ1) is 4.83. The molecule has 1 saturated heterocycles. The van der Waals surface area contributed by atoms with E-state index in [4.69, 9.17) is 0 Å². The molecule has 0 atom stereocenters. The summed E-state index contributed by atoms with van der Waals surface area (Å²) in [6.07, 6.45) is 0.978. The van der Waals surface area contributed by atoms with Gasteiger partial charge in [0.2, 0.25) is 5.91 Å². The molecular formula is C9H17NO. The van der Waals surface area contributed by atoms with Crippen molar-refractivity contribution >= 4 is 5.91 Å². The van der Waals surface area contributed by atoms with Crippen LogP contribution in [0, 0.1) is 10.8 Å². The molecule has 1 heterocycles. The van der Waals surface area contributed by atoms with Gasteiger partial charge < -0.3 is 5.32 Å². The van der Waals surface area contributed by atoms with E-state index in [-0.39, 0.29) is 16.7 Å². The molecule has 0 unspecified atom stereocenters. The molecule has 64 valence electrons. The minimum absolute atomic E-state index is 0.179. The fourth-order valence-electron chi connectivity index (χ4n) is 1.90. The van der Waals surface area contributed by atoms with E-state index in [1.165, 1.54) is 0 Å². The van der Waals surface area contributed by atoms with Crippen molar-refractivity contribution in [1.29, 1.82) is 0 Å². The molecule has 1 N–H and O–H groups in total. The van der Waals surface area contributed by atoms with E-state index in [1.54, 1.807) is 0 Å². The Balaban J connectivity index is 2.75. The molecule has 0 aromatic heterocycles. The highest BCUT2D eigenvalue weighted by Crippen LogP contribution is 2.36. The summed E-state index contributed by atoms with van der Waals surface area (Å²) in [6.45, 7) is 9.20. The maximum Gasteiger partial charge on any atom is 0.225 e. The lowest BCUT2D eigenvalue weighted by atomic mass is 9.71. The van der Waals surface area contributed by atoms with Crippen molar-refractivity contribution < 1.29 is 4.79 Å². The Morgan fingerprint density at radius 2 is 1.82 bits per heavy atom. The van der Waals surface area contributed by atoms with E-state index in [0.717, 1.165) is 13.0 Å². The van der Waals surface area contributed by atoms with Gasteiger partial charge in [0.1, 0.15) is 0 Å². The van der Waals surface area contributed by atoms with Crippen molar-refractivity contribution in [2.24, 2.45) is 10.8 Å². The Hall–Kier alpha value is -0.530. The zero-order valence-corrected chi connectivity index (χ0v) is 7.82. The number of hydrogen-bond acceptors (Lipinski definition) is 1. The quantitative estimate of drug-likeness (QED) is 0.565. The van der Waals surface area contributed by atoms with Gasteiger partial charge in [0, 0.05) is 12.0 Å². The lowest BCUT2D eigenvalue weighted by Crippen LogP contribution is -2.50. The summed E-state index contributed by atoms with van der Waals surface area (Å²) in [4.78, 5) is 11.3. The van der Waals surface area contributed by atoms with Crippen molar-refractivity contribution in [1.82, 2.24) is 5.32 Å². The predicted octanol–water partition coefficient (Wildman–Crippen LogP) is 1.56. The number of piperidine rings is 1. The van der Waals surface area contributed by atoms with Crippen LogP contribution < -0.4 is 5.32 Å². The van der Waals surface area contributed by atoms with Crippen molar-refractivity contribution in [2.45, 2.75) is 34.1 Å². The second kappa shape index (κ2) is 2.23. The number of carbonyl (C=O) groups is 1. The van der Waals surface area contributed by atoms with Gasteiger partial charge in [0.15, 0.2) is 0 Å². The molecule has 0 bridgehead atoms. The SMILES string of the molecule is CC1(C)CNC(=O)C(C)(C)C1. The molecule has 0 aromatic rings. The lowest BCUT2D eigenvalue weighted by Gasteiger charge is -2.39. The predicted molar refractivity (Wildman–Crippen MR) is 45.2 cm³/mol. The van der Waals surface area contributed by atoms with Gasteiger partial charge in [0.05, 0.1) is 0 Å². The van der Waals surface area contributed by atoms with Crippen molar-refractivity contribution in [3.63, 3.8) is 0 Å². The van der Waals surface area contributed by atoms with Crippen LogP contribution in [0.3, 0.4) is 0 Å². The second-order valence-corrected chi connectivity index (χ2v) is 4.91. The second-order valence-electron chi connectivity index (χ2n) is 4.91. The van der Waals surface area contributed by atoms with Crippen LogP contribution >= 0.6 is 0 Å². The summed E-state index contributed by atoms with van der Waals surface area (Å²) in [5.74, 6) is 0.192. The first-order valence-corrected chi connectivity index (χ1v) is 4.12. The van der Waals surface area contributed by atoms with Crippen LogP contribution in [0.15, 0.2) is 0 Å². The molecule has 2 nitrogen and oxygen atoms in total. The number of amides is 1. The van der Waals surface area contributed by atoms with Gasteiger partial charge in [0.25, 0.3) is 0 Å². The first kappa shape index (κ1) is 8.57. The molecule has 0 saturated carbocycles. The largest absolute Gasteiger partial charge is 0.355 e. The molecule has 0 aromatic carbocycles. The topological polar surface area (TPSA) is 29.1 Å². The Bertz CT molecular complexity index is 182. The molecule has 1 aliphatic heterocycles. The summed E-state index contributed by atoms with van der Waals surface area (Å²) in [5, 5.41) is 2.92. The molecule has 1 amide bonds. The van der Waals surface area contributed by atoms with E-state index in [0.29, 0.717) is 0 Å². The molecule has 0 aliphatic carbocycles. The number of carbonyl (C=O) groups excluding carboxylic acids is 1. The zero-order valence-electron chi connectivity index (χ0n) is 7.82. The molecule has 1 rings (SSSR count). The maximum absolute atomic E-state index is 11.3. The van der Waals surface area contributed by atoms with Gasteiger partial charge in [-0.3, -0.25) is 4.79 Å². The van der Waals surface area contributed by atoms with Crippen LogP contribution in [0.4, 0.5) is 0 Å². The van der Waals surface area contributed by atoms with Gasteiger partial charge in [-0.25, -0.2) is 0 Å². The average molecular weight is 155 g/mol. The molecule has 0 spiro atoms. The van der Waals surface area contributed by atoms with Crippen LogP contribution in [0.1, 0.15) is 34.1 Å². The summed E-state index contributed by atoms with van der Waals surface area (Å²) < 4.78 is 0. The number of nitrogens with one attached hydrogen (secondary N) is 1. The van der Waals surface area contributed by atoms with E-state index in [1.807, 2.05) is 13.8 Å². The highest BCUT2D eigenvalue weighted by Gasteiger charge is 2.39. The third-order valence-corrected chi connectivity index (χ3v) is 2.26. The van der Waals surface area contributed by atoms with E-state index in [9.17, 15) is 4.79 Å². The number of hydrogen-bond donors (Lipinski definition) is 1. The Kier molecular flexibility index (Phi) is 1.73. The monoisotopic (exact) mass is 155 g/mol. The fraction of sp³-hybridized carbons (Fsp3) is 0.889. The van der Waals surface area contributed by atoms with Crippen LogP contribution in [0.5, 0.6) is 0 Å². The standard InChI is InChI=1S/C9H17NO/c1-8(2)5-9(3,4)7(11)10-6-8/h5-6H2,1-4H3,(H,10,11). The Morgan fingerprint density at radius 3 is 2.18 bits per heavy atom. The van der Waals surface area contributed by atoms with Crippen LogP contribution in [0.2, 0.25) is 0 Å². The van der Waals surface area contributed by atoms with Crippen molar-refractivity contribution in [3.05, 3.63) is 0 Å². The lowest BCUT2D eigenvalue weighted by molar-refractivity contribution is -0.134. The Labute approximate surface area is 68.4 Å². The maximum atomic E-state index is 11.3. The summed E-state index contributed by atoms with van der Waals surface area (Å²) >= 11 is 0. The minimum atomic E-state index is -0.179. The highest BCUT2D eigenvalue weighted by molar-refractivity contribution is 5.82. The van der Waals surface area contributed by atoms with E-state index < -0.39 is 0 Å². The van der Waals surface area contributed by atoms with Crippen molar-refractivity contribution in [2.75, 3.05) is 6.54 Å². The molecule has 11 heavy (non-hydrogen) atoms.